The van der Waals surface area contributed by atoms with Gasteiger partial charge in [-0.15, -0.1) is 0 Å². The lowest BCUT2D eigenvalue weighted by Crippen LogP contribution is -2.37. The molecular weight excluding hydrogens is 310 g/mol. The van der Waals surface area contributed by atoms with Crippen LogP contribution < -0.4 is 4.90 Å². The summed E-state index contributed by atoms with van der Waals surface area (Å²) in [6.07, 6.45) is 1.56. The van der Waals surface area contributed by atoms with Crippen molar-refractivity contribution < 1.29 is 13.5 Å². The zero-order chi connectivity index (χ0) is 16.9. The van der Waals surface area contributed by atoms with E-state index in [2.05, 4.69) is 0 Å². The van der Waals surface area contributed by atoms with Gasteiger partial charge in [0, 0.05) is 18.7 Å². The molecule has 1 aliphatic rings. The molecule has 3 nitrogen and oxygen atoms in total. The van der Waals surface area contributed by atoms with Crippen molar-refractivity contribution in [3.8, 4) is 6.07 Å². The largest absolute Gasteiger partial charge is 0.373 e. The van der Waals surface area contributed by atoms with Crippen molar-refractivity contribution in [1.29, 1.82) is 5.26 Å². The van der Waals surface area contributed by atoms with Crippen molar-refractivity contribution in [1.82, 2.24) is 0 Å². The number of nitriles is 1. The van der Waals surface area contributed by atoms with Crippen molar-refractivity contribution in [2.45, 2.75) is 25.6 Å². The van der Waals surface area contributed by atoms with E-state index in [4.69, 9.17) is 10.00 Å². The van der Waals surface area contributed by atoms with Crippen LogP contribution in [0.15, 0.2) is 42.5 Å². The highest BCUT2D eigenvalue weighted by Crippen LogP contribution is 2.25. The van der Waals surface area contributed by atoms with E-state index in [1.54, 1.807) is 30.3 Å². The molecule has 0 aromatic heterocycles. The second-order valence-electron chi connectivity index (χ2n) is 5.87. The van der Waals surface area contributed by atoms with Crippen molar-refractivity contribution >= 4 is 5.69 Å². The van der Waals surface area contributed by atoms with Crippen molar-refractivity contribution in [3.05, 3.63) is 65.2 Å². The average Bonchev–Trinajstić information content (AvgIpc) is 2.61. The van der Waals surface area contributed by atoms with Gasteiger partial charge >= 0.3 is 0 Å². The summed E-state index contributed by atoms with van der Waals surface area (Å²) < 4.78 is 33.4. The highest BCUT2D eigenvalue weighted by molar-refractivity contribution is 5.51. The number of ether oxygens (including phenoxy) is 1. The summed E-state index contributed by atoms with van der Waals surface area (Å²) in [5, 5.41) is 8.80. The van der Waals surface area contributed by atoms with E-state index in [-0.39, 0.29) is 24.3 Å². The lowest BCUT2D eigenvalue weighted by Gasteiger charge is -2.33. The number of hydrogen-bond acceptors (Lipinski definition) is 3. The predicted molar refractivity (Wildman–Crippen MR) is 87.5 cm³/mol. The van der Waals surface area contributed by atoms with Gasteiger partial charge in [-0.2, -0.15) is 5.26 Å². The molecule has 0 aliphatic carbocycles. The van der Waals surface area contributed by atoms with Crippen LogP contribution in [0.1, 0.15) is 24.0 Å². The number of rotatable bonds is 4. The fourth-order valence-electron chi connectivity index (χ4n) is 2.92. The Morgan fingerprint density at radius 2 is 1.83 bits per heavy atom. The fourth-order valence-corrected chi connectivity index (χ4v) is 2.92. The maximum absolute atomic E-state index is 14.1. The van der Waals surface area contributed by atoms with Gasteiger partial charge in [0.1, 0.15) is 11.6 Å². The summed E-state index contributed by atoms with van der Waals surface area (Å²) in [4.78, 5) is 1.96. The molecule has 0 radical (unpaired) electrons. The minimum Gasteiger partial charge on any atom is -0.373 e. The van der Waals surface area contributed by atoms with Crippen LogP contribution >= 0.6 is 0 Å². The molecule has 0 amide bonds. The molecule has 1 heterocycles. The molecule has 0 N–H and O–H groups in total. The third kappa shape index (κ3) is 3.72. The molecule has 3 rings (SSSR count). The molecule has 2 aromatic rings. The highest BCUT2D eigenvalue weighted by atomic mass is 19.1. The van der Waals surface area contributed by atoms with Crippen LogP contribution in [-0.2, 0) is 11.3 Å². The van der Waals surface area contributed by atoms with Gasteiger partial charge in [-0.1, -0.05) is 18.2 Å². The first-order valence-electron chi connectivity index (χ1n) is 7.97. The lowest BCUT2D eigenvalue weighted by molar-refractivity contribution is 0.0237. The van der Waals surface area contributed by atoms with Gasteiger partial charge in [-0.25, -0.2) is 8.78 Å². The van der Waals surface area contributed by atoms with Crippen LogP contribution in [0.4, 0.5) is 14.5 Å². The number of benzene rings is 2. The van der Waals surface area contributed by atoms with Crippen LogP contribution in [0, 0.1) is 23.0 Å². The molecule has 5 heteroatoms. The summed E-state index contributed by atoms with van der Waals surface area (Å²) in [5.41, 5.74) is 1.39. The van der Waals surface area contributed by atoms with Gasteiger partial charge in [-0.05, 0) is 37.1 Å². The van der Waals surface area contributed by atoms with E-state index in [0.29, 0.717) is 29.9 Å². The molecule has 24 heavy (non-hydrogen) atoms. The molecule has 1 aliphatic heterocycles. The summed E-state index contributed by atoms with van der Waals surface area (Å²) in [5.74, 6) is -0.630. The molecule has 2 aromatic carbocycles. The summed E-state index contributed by atoms with van der Waals surface area (Å²) in [7, 11) is 0. The number of nitrogens with zero attached hydrogens (tertiary/aromatic N) is 2. The topological polar surface area (TPSA) is 36.3 Å². The predicted octanol–water partition coefficient (Wildman–Crippen LogP) is 4.02. The van der Waals surface area contributed by atoms with E-state index in [9.17, 15) is 8.78 Å². The van der Waals surface area contributed by atoms with E-state index in [0.717, 1.165) is 12.8 Å². The SMILES string of the molecule is N#Cc1ccc(N2CCC(OCc3ccccc3F)CC2)c(F)c1. The van der Waals surface area contributed by atoms with Crippen molar-refractivity contribution in [2.24, 2.45) is 0 Å². The summed E-state index contributed by atoms with van der Waals surface area (Å²) in [6.45, 7) is 1.60. The summed E-state index contributed by atoms with van der Waals surface area (Å²) >= 11 is 0. The maximum atomic E-state index is 14.1. The molecule has 0 unspecified atom stereocenters. The smallest absolute Gasteiger partial charge is 0.147 e. The maximum Gasteiger partial charge on any atom is 0.147 e. The Morgan fingerprint density at radius 3 is 2.50 bits per heavy atom. The van der Waals surface area contributed by atoms with E-state index < -0.39 is 0 Å². The molecule has 1 saturated heterocycles. The Kier molecular flexibility index (Phi) is 5.07. The molecule has 0 atom stereocenters. The van der Waals surface area contributed by atoms with E-state index >= 15 is 0 Å². The second-order valence-corrected chi connectivity index (χ2v) is 5.87. The van der Waals surface area contributed by atoms with Gasteiger partial charge in [0.25, 0.3) is 0 Å². The first-order chi connectivity index (χ1) is 11.7. The Balaban J connectivity index is 1.54. The Morgan fingerprint density at radius 1 is 1.08 bits per heavy atom. The van der Waals surface area contributed by atoms with E-state index in [1.165, 1.54) is 12.1 Å². The van der Waals surface area contributed by atoms with Crippen LogP contribution in [-0.4, -0.2) is 19.2 Å². The minimum absolute atomic E-state index is 0.0438. The van der Waals surface area contributed by atoms with Gasteiger partial charge < -0.3 is 9.64 Å². The third-order valence-electron chi connectivity index (χ3n) is 4.29. The lowest BCUT2D eigenvalue weighted by atomic mass is 10.1. The number of halogens is 2. The van der Waals surface area contributed by atoms with Crippen molar-refractivity contribution in [2.75, 3.05) is 18.0 Å². The van der Waals surface area contributed by atoms with Crippen LogP contribution in [0.3, 0.4) is 0 Å². The Labute approximate surface area is 140 Å². The third-order valence-corrected chi connectivity index (χ3v) is 4.29. The first kappa shape index (κ1) is 16.4. The fraction of sp³-hybridized carbons (Fsp3) is 0.316. The Bertz CT molecular complexity index is 749. The van der Waals surface area contributed by atoms with Gasteiger partial charge in [0.15, 0.2) is 0 Å². The number of anilines is 1. The van der Waals surface area contributed by atoms with E-state index in [1.807, 2.05) is 11.0 Å². The quantitative estimate of drug-likeness (QED) is 0.850. The highest BCUT2D eigenvalue weighted by Gasteiger charge is 2.22. The number of hydrogen-bond donors (Lipinski definition) is 0. The molecule has 0 saturated carbocycles. The molecular formula is C19H18F2N2O. The van der Waals surface area contributed by atoms with Gasteiger partial charge in [0.2, 0.25) is 0 Å². The molecule has 0 bridgehead atoms. The summed E-state index contributed by atoms with van der Waals surface area (Å²) in [6, 6.07) is 13.1. The van der Waals surface area contributed by atoms with Crippen LogP contribution in [0.5, 0.6) is 0 Å². The molecule has 1 fully saturated rings. The zero-order valence-electron chi connectivity index (χ0n) is 13.2. The van der Waals surface area contributed by atoms with Crippen LogP contribution in [0.25, 0.3) is 0 Å². The van der Waals surface area contributed by atoms with Gasteiger partial charge in [0.05, 0.1) is 30.0 Å². The minimum atomic E-state index is -0.375. The Hall–Kier alpha value is -2.45. The molecule has 0 spiro atoms. The number of piperidine rings is 1. The average molecular weight is 328 g/mol. The van der Waals surface area contributed by atoms with Crippen molar-refractivity contribution in [3.63, 3.8) is 0 Å². The second kappa shape index (κ2) is 7.41. The standard InChI is InChI=1S/C19H18F2N2O/c20-17-4-2-1-3-15(17)13-24-16-7-9-23(10-8-16)19-6-5-14(12-22)11-18(19)21/h1-6,11,16H,7-10,13H2. The zero-order valence-corrected chi connectivity index (χ0v) is 13.2. The molecule has 124 valence electrons. The van der Waals surface area contributed by atoms with Gasteiger partial charge in [-0.3, -0.25) is 0 Å². The van der Waals surface area contributed by atoms with Crippen LogP contribution in [0.2, 0.25) is 0 Å². The normalized spacial score (nSPS) is 15.3. The monoisotopic (exact) mass is 328 g/mol. The first-order valence-corrected chi connectivity index (χ1v) is 7.97.